The number of aromatic nitrogens is 2. The number of nitrogens with zero attached hydrogens (tertiary/aromatic N) is 2. The van der Waals surface area contributed by atoms with E-state index in [1.165, 1.54) is 0 Å². The van der Waals surface area contributed by atoms with Gasteiger partial charge in [0.1, 0.15) is 0 Å². The van der Waals surface area contributed by atoms with Gasteiger partial charge in [0.05, 0.1) is 0 Å². The topological polar surface area (TPSA) is 209 Å². The molecular weight excluding hydrogens is 514 g/mol. The van der Waals surface area contributed by atoms with Crippen LogP contribution in [0, 0.1) is 26.1 Å². The summed E-state index contributed by atoms with van der Waals surface area (Å²) in [6.45, 7) is 4.29. The van der Waals surface area contributed by atoms with Crippen molar-refractivity contribution in [2.24, 2.45) is 0 Å². The maximum absolute atomic E-state index is 10.4. The molecule has 34 heavy (non-hydrogen) atoms. The van der Waals surface area contributed by atoms with Crippen molar-refractivity contribution in [3.05, 3.63) is 85.5 Å². The molecule has 0 fully saturated rings. The minimum atomic E-state index is -4.94. The summed E-state index contributed by atoms with van der Waals surface area (Å²) < 4.78 is 82.4. The van der Waals surface area contributed by atoms with Crippen molar-refractivity contribution >= 4 is 14.0 Å². The van der Waals surface area contributed by atoms with Crippen molar-refractivity contribution in [1.82, 2.24) is 0 Å². The molecule has 0 atom stereocenters. The van der Waals surface area contributed by atoms with Crippen LogP contribution < -0.4 is 46.4 Å². The van der Waals surface area contributed by atoms with Crippen LogP contribution in [-0.2, 0) is 11.1 Å². The number of hydrogen-bond donors (Lipinski definition) is 0. The number of pyridine rings is 2. The Kier molecular flexibility index (Phi) is 12.2. The van der Waals surface area contributed by atoms with Crippen LogP contribution in [0.25, 0.3) is 22.9 Å². The van der Waals surface area contributed by atoms with E-state index in [1.807, 2.05) is 35.2 Å². The van der Waals surface area contributed by atoms with Gasteiger partial charge in [-0.2, -0.15) is 0 Å². The van der Waals surface area contributed by atoms with Gasteiger partial charge >= 0.3 is 112 Å². The molecule has 1 aromatic carbocycles. The summed E-state index contributed by atoms with van der Waals surface area (Å²) in [6, 6.07) is 16.5. The molecule has 0 amide bonds. The molecule has 0 unspecified atom stereocenters. The average Bonchev–Trinajstić information content (AvgIpc) is 2.76. The summed E-state index contributed by atoms with van der Waals surface area (Å²) in [5.41, 5.74) is 7.24. The third-order valence-corrected chi connectivity index (χ3v) is 4.07. The first-order valence-electron chi connectivity index (χ1n) is 8.82. The molecule has 0 radical (unpaired) electrons. The summed E-state index contributed by atoms with van der Waals surface area (Å²) in [5.74, 6) is 0. The standard InChI is InChI=1S/C20H17N2OP.2ClHO4/c1-2-17-3-5-20(6-4-17)22-13-9-19(10-14-22)18-7-11-21(12-8-18)15-16-24-23;2*2-1(3,4)5/h2-14H,1,15H2;2*(H,2,3,4,5)/q+2;;/p-2. The fourth-order valence-corrected chi connectivity index (χ4v) is 2.66. The first-order chi connectivity index (χ1) is 15.8. The molecule has 0 saturated heterocycles. The zero-order valence-electron chi connectivity index (χ0n) is 17.2. The van der Waals surface area contributed by atoms with Gasteiger partial charge < -0.3 is 0 Å². The van der Waals surface area contributed by atoms with E-state index in [0.29, 0.717) is 6.54 Å². The second-order valence-corrected chi connectivity index (χ2v) is 8.06. The van der Waals surface area contributed by atoms with Crippen LogP contribution in [0.5, 0.6) is 0 Å². The van der Waals surface area contributed by atoms with Gasteiger partial charge in [-0.3, -0.25) is 0 Å². The molecule has 180 valence electrons. The van der Waals surface area contributed by atoms with E-state index >= 15 is 0 Å². The summed E-state index contributed by atoms with van der Waals surface area (Å²) in [6.07, 6.45) is 9.87. The second kappa shape index (κ2) is 14.1. The monoisotopic (exact) mass is 530 g/mol. The van der Waals surface area contributed by atoms with E-state index in [-0.39, 0.29) is 7.92 Å². The third-order valence-electron chi connectivity index (χ3n) is 3.80. The van der Waals surface area contributed by atoms with Gasteiger partial charge in [-0.1, -0.05) is 12.7 Å². The van der Waals surface area contributed by atoms with Crippen molar-refractivity contribution in [2.75, 3.05) is 0 Å². The Hall–Kier alpha value is -2.47. The van der Waals surface area contributed by atoms with Gasteiger partial charge in [-0.25, -0.2) is 37.3 Å². The van der Waals surface area contributed by atoms with E-state index < -0.39 is 20.5 Å². The van der Waals surface area contributed by atoms with Gasteiger partial charge in [-0.05, 0) is 17.7 Å². The third kappa shape index (κ3) is 13.9. The van der Waals surface area contributed by atoms with Gasteiger partial charge in [-0.15, -0.1) is 20.5 Å². The molecule has 14 heteroatoms. The minimum Gasteiger partial charge on any atom is -0.222 e. The van der Waals surface area contributed by atoms with Crippen LogP contribution in [0.4, 0.5) is 0 Å². The predicted octanol–water partition coefficient (Wildman–Crippen LogP) is -5.70. The molecule has 0 aliphatic rings. The Morgan fingerprint density at radius 1 is 0.765 bits per heavy atom. The number of benzene rings is 1. The Morgan fingerprint density at radius 2 is 1.18 bits per heavy atom. The van der Waals surface area contributed by atoms with E-state index in [0.717, 1.165) is 22.4 Å². The fraction of sp³-hybridized carbons (Fsp3) is 0.0500. The number of hydrogen-bond acceptors (Lipinski definition) is 9. The van der Waals surface area contributed by atoms with Gasteiger partial charge in [0.15, 0.2) is 0 Å². The number of rotatable bonds is 4. The molecule has 0 aliphatic heterocycles. The Bertz CT molecular complexity index is 1120. The molecule has 2 heterocycles. The van der Waals surface area contributed by atoms with Gasteiger partial charge in [0.2, 0.25) is 0 Å². The average molecular weight is 531 g/mol. The van der Waals surface area contributed by atoms with Crippen LogP contribution in [0.1, 0.15) is 5.56 Å². The fourth-order valence-electron chi connectivity index (χ4n) is 2.44. The summed E-state index contributed by atoms with van der Waals surface area (Å²) in [5, 5.41) is 0. The zero-order chi connectivity index (χ0) is 25.8. The molecule has 11 nitrogen and oxygen atoms in total. The van der Waals surface area contributed by atoms with Crippen molar-refractivity contribution in [1.29, 1.82) is 0 Å². The SMILES string of the molecule is C=Cc1ccc(-[n+]2ccc(-c3cc[n+](CC#P=O)cc3)cc2)cc1.[O-][Cl+3]([O-])([O-])[O-].[O-][Cl+3]([O-])([O-])[O-]. The van der Waals surface area contributed by atoms with E-state index in [9.17, 15) is 4.57 Å². The zero-order valence-corrected chi connectivity index (χ0v) is 19.6. The Morgan fingerprint density at radius 3 is 1.56 bits per heavy atom. The molecule has 0 spiro atoms. The van der Waals surface area contributed by atoms with Crippen LogP contribution >= 0.6 is 7.92 Å². The van der Waals surface area contributed by atoms with Crippen LogP contribution in [-0.4, -0.2) is 0 Å². The molecular formula is C20H17Cl2N2O9P. The van der Waals surface area contributed by atoms with E-state index in [4.69, 9.17) is 37.3 Å². The maximum atomic E-state index is 10.4. The molecule has 0 N–H and O–H groups in total. The smallest absolute Gasteiger partial charge is 0.222 e. The van der Waals surface area contributed by atoms with Crippen molar-refractivity contribution in [3.8, 4) is 22.4 Å². The molecule has 0 aliphatic carbocycles. The predicted molar refractivity (Wildman–Crippen MR) is 95.2 cm³/mol. The van der Waals surface area contributed by atoms with Crippen molar-refractivity contribution in [3.63, 3.8) is 0 Å². The van der Waals surface area contributed by atoms with Crippen LogP contribution in [0.2, 0.25) is 0 Å². The summed E-state index contributed by atoms with van der Waals surface area (Å²) in [4.78, 5) is 0. The first kappa shape index (κ1) is 29.6. The Balaban J connectivity index is 0.000000489. The second-order valence-electron chi connectivity index (χ2n) is 6.05. The van der Waals surface area contributed by atoms with Crippen molar-refractivity contribution in [2.45, 2.75) is 6.54 Å². The van der Waals surface area contributed by atoms with Gasteiger partial charge in [0.25, 0.3) is 0 Å². The molecule has 3 rings (SSSR count). The summed E-state index contributed by atoms with van der Waals surface area (Å²) in [7, 11) is -9.95. The quantitative estimate of drug-likeness (QED) is 0.232. The number of halogens is 2. The Labute approximate surface area is 200 Å². The summed E-state index contributed by atoms with van der Waals surface area (Å²) >= 11 is 0. The molecule has 2 aromatic heterocycles. The van der Waals surface area contributed by atoms with E-state index in [1.54, 1.807) is 0 Å². The van der Waals surface area contributed by atoms with Crippen molar-refractivity contribution < 1.29 is 71.5 Å². The van der Waals surface area contributed by atoms with Gasteiger partial charge in [0, 0.05) is 0 Å². The molecule has 0 saturated carbocycles. The van der Waals surface area contributed by atoms with Crippen LogP contribution in [0.3, 0.4) is 0 Å². The minimum absolute atomic E-state index is 0.0611. The molecule has 0 bridgehead atoms. The van der Waals surface area contributed by atoms with Crippen LogP contribution in [0.15, 0.2) is 79.9 Å². The first-order valence-corrected chi connectivity index (χ1v) is 12.1. The molecule has 3 aromatic rings. The normalized spacial score (nSPS) is 10.6. The van der Waals surface area contributed by atoms with E-state index in [2.05, 4.69) is 65.6 Å².